The minimum Gasteiger partial charge on any atom is -0.465 e. The number of aromatic nitrogens is 1. The number of rotatable bonds is 4. The molecule has 1 aliphatic heterocycles. The summed E-state index contributed by atoms with van der Waals surface area (Å²) in [6.07, 6.45) is 1.80. The highest BCUT2D eigenvalue weighted by atomic mass is 32.1. The molecule has 118 valence electrons. The zero-order valence-electron chi connectivity index (χ0n) is 13.0. The maximum Gasteiger partial charge on any atom is 0.352 e. The molecule has 7 heteroatoms. The Labute approximate surface area is 133 Å². The molecule has 1 amide bonds. The molecule has 2 rings (SSSR count). The van der Waals surface area contributed by atoms with E-state index in [0.717, 1.165) is 23.5 Å². The van der Waals surface area contributed by atoms with Crippen molar-refractivity contribution in [2.45, 2.75) is 32.7 Å². The van der Waals surface area contributed by atoms with Gasteiger partial charge in [0.05, 0.1) is 13.2 Å². The van der Waals surface area contributed by atoms with Gasteiger partial charge in [-0.25, -0.2) is 14.8 Å². The highest BCUT2D eigenvalue weighted by Crippen LogP contribution is 2.34. The second-order valence-corrected chi connectivity index (χ2v) is 6.01. The number of hydrogen-bond donors (Lipinski definition) is 0. The first-order valence-electron chi connectivity index (χ1n) is 6.99. The van der Waals surface area contributed by atoms with Gasteiger partial charge >= 0.3 is 5.97 Å². The molecule has 0 saturated carbocycles. The summed E-state index contributed by atoms with van der Waals surface area (Å²) in [6.45, 7) is 7.76. The zero-order chi connectivity index (χ0) is 16.3. The van der Waals surface area contributed by atoms with Crippen LogP contribution in [0.1, 0.15) is 36.5 Å². The largest absolute Gasteiger partial charge is 0.465 e. The molecule has 1 aliphatic rings. The van der Waals surface area contributed by atoms with Crippen LogP contribution in [0.4, 0.5) is 0 Å². The number of thiazole rings is 1. The second-order valence-electron chi connectivity index (χ2n) is 5.12. The fourth-order valence-electron chi connectivity index (χ4n) is 2.40. The van der Waals surface area contributed by atoms with E-state index in [2.05, 4.69) is 21.3 Å². The summed E-state index contributed by atoms with van der Waals surface area (Å²) in [6, 6.07) is -0.0309. The predicted octanol–water partition coefficient (Wildman–Crippen LogP) is 2.26. The third-order valence-corrected chi connectivity index (χ3v) is 4.53. The summed E-state index contributed by atoms with van der Waals surface area (Å²) < 4.78 is 4.57. The average molecular weight is 321 g/mol. The number of amides is 1. The Bertz CT molecular complexity index is 636. The van der Waals surface area contributed by atoms with Crippen LogP contribution >= 0.6 is 11.3 Å². The first-order chi connectivity index (χ1) is 10.4. The maximum absolute atomic E-state index is 12.5. The van der Waals surface area contributed by atoms with Crippen molar-refractivity contribution in [1.29, 1.82) is 0 Å². The van der Waals surface area contributed by atoms with Crippen molar-refractivity contribution in [3.05, 3.63) is 28.4 Å². The van der Waals surface area contributed by atoms with Crippen molar-refractivity contribution in [2.24, 2.45) is 4.99 Å². The molecular weight excluding hydrogens is 302 g/mol. The Morgan fingerprint density at radius 2 is 2.27 bits per heavy atom. The normalized spacial score (nSPS) is 18.4. The lowest BCUT2D eigenvalue weighted by molar-refractivity contribution is -0.132. The van der Waals surface area contributed by atoms with Gasteiger partial charge in [-0.15, -0.1) is 11.3 Å². The van der Waals surface area contributed by atoms with Crippen molar-refractivity contribution in [1.82, 2.24) is 9.88 Å². The third-order valence-electron chi connectivity index (χ3n) is 3.47. The van der Waals surface area contributed by atoms with Gasteiger partial charge in [0.1, 0.15) is 16.4 Å². The number of esters is 1. The van der Waals surface area contributed by atoms with E-state index in [1.807, 2.05) is 12.3 Å². The minimum absolute atomic E-state index is 0.0309. The maximum atomic E-state index is 12.5. The SMILES string of the molecule is C=C(/N=C(\C)C(=O)OC)C(=O)N1CCC[C@@H]1c1nc(C)cs1. The van der Waals surface area contributed by atoms with Crippen LogP contribution in [0.3, 0.4) is 0 Å². The first kappa shape index (κ1) is 16.4. The van der Waals surface area contributed by atoms with Crippen LogP contribution in [0.15, 0.2) is 22.6 Å². The lowest BCUT2D eigenvalue weighted by Crippen LogP contribution is -2.31. The van der Waals surface area contributed by atoms with E-state index in [1.54, 1.807) is 16.2 Å². The predicted molar refractivity (Wildman–Crippen MR) is 84.8 cm³/mol. The van der Waals surface area contributed by atoms with Crippen molar-refractivity contribution >= 4 is 28.9 Å². The summed E-state index contributed by atoms with van der Waals surface area (Å²) in [4.78, 5) is 34.0. The van der Waals surface area contributed by atoms with E-state index in [4.69, 9.17) is 0 Å². The standard InChI is InChI=1S/C15H19N3O3S/c1-9-8-22-13(16-9)12-6-5-7-18(12)14(19)10(2)17-11(3)15(20)21-4/h8,12H,2,5-7H2,1,3-4H3/b17-11+/t12-/m1/s1. The Morgan fingerprint density at radius 1 is 1.55 bits per heavy atom. The van der Waals surface area contributed by atoms with E-state index in [-0.39, 0.29) is 23.4 Å². The number of hydrogen-bond acceptors (Lipinski definition) is 6. The van der Waals surface area contributed by atoms with Gasteiger partial charge in [-0.05, 0) is 26.7 Å². The number of likely N-dealkylation sites (tertiary alicyclic amines) is 1. The van der Waals surface area contributed by atoms with E-state index >= 15 is 0 Å². The van der Waals surface area contributed by atoms with Gasteiger partial charge in [0.25, 0.3) is 5.91 Å². The summed E-state index contributed by atoms with van der Waals surface area (Å²) in [5, 5.41) is 2.91. The molecule has 2 heterocycles. The van der Waals surface area contributed by atoms with Gasteiger partial charge in [-0.3, -0.25) is 4.79 Å². The molecular formula is C15H19N3O3S. The summed E-state index contributed by atoms with van der Waals surface area (Å²) in [5.74, 6) is -0.832. The lowest BCUT2D eigenvalue weighted by atomic mass is 10.2. The van der Waals surface area contributed by atoms with Crippen LogP contribution in [0, 0.1) is 6.92 Å². The molecule has 1 aromatic rings. The molecule has 6 nitrogen and oxygen atoms in total. The van der Waals surface area contributed by atoms with Crippen molar-refractivity contribution in [3.8, 4) is 0 Å². The summed E-state index contributed by atoms with van der Waals surface area (Å²) in [7, 11) is 1.27. The molecule has 0 radical (unpaired) electrons. The number of nitrogens with zero attached hydrogens (tertiary/aromatic N) is 3. The van der Waals surface area contributed by atoms with Crippen molar-refractivity contribution in [3.63, 3.8) is 0 Å². The topological polar surface area (TPSA) is 71.9 Å². The highest BCUT2D eigenvalue weighted by Gasteiger charge is 2.33. The molecule has 1 saturated heterocycles. The monoisotopic (exact) mass is 321 g/mol. The smallest absolute Gasteiger partial charge is 0.352 e. The fraction of sp³-hybridized carbons (Fsp3) is 0.467. The van der Waals surface area contributed by atoms with Crippen LogP contribution in [0.25, 0.3) is 0 Å². The Morgan fingerprint density at radius 3 is 2.86 bits per heavy atom. The summed E-state index contributed by atoms with van der Waals surface area (Å²) in [5.41, 5.74) is 1.11. The molecule has 0 unspecified atom stereocenters. The van der Waals surface area contributed by atoms with Gasteiger partial charge < -0.3 is 9.64 Å². The van der Waals surface area contributed by atoms with Gasteiger partial charge in [0.15, 0.2) is 0 Å². The number of aryl methyl sites for hydroxylation is 1. The van der Waals surface area contributed by atoms with Gasteiger partial charge in [0.2, 0.25) is 0 Å². The van der Waals surface area contributed by atoms with Crippen LogP contribution < -0.4 is 0 Å². The van der Waals surface area contributed by atoms with Gasteiger partial charge in [-0.2, -0.15) is 0 Å². The van der Waals surface area contributed by atoms with Crippen LogP contribution in [-0.4, -0.2) is 41.1 Å². The Hall–Kier alpha value is -2.02. The molecule has 1 fully saturated rings. The van der Waals surface area contributed by atoms with Gasteiger partial charge in [0, 0.05) is 17.6 Å². The van der Waals surface area contributed by atoms with Crippen molar-refractivity contribution in [2.75, 3.05) is 13.7 Å². The quantitative estimate of drug-likeness (QED) is 0.484. The number of ether oxygens (including phenoxy) is 1. The van der Waals surface area contributed by atoms with E-state index < -0.39 is 5.97 Å². The van der Waals surface area contributed by atoms with Crippen LogP contribution in [0.2, 0.25) is 0 Å². The highest BCUT2D eigenvalue weighted by molar-refractivity contribution is 7.09. The van der Waals surface area contributed by atoms with Gasteiger partial charge in [-0.1, -0.05) is 6.58 Å². The number of aliphatic imine (C=N–C) groups is 1. The Balaban J connectivity index is 2.14. The number of methoxy groups -OCH3 is 1. The first-order valence-corrected chi connectivity index (χ1v) is 7.87. The van der Waals surface area contributed by atoms with Crippen molar-refractivity contribution < 1.29 is 14.3 Å². The lowest BCUT2D eigenvalue weighted by Gasteiger charge is -2.23. The second kappa shape index (κ2) is 6.83. The zero-order valence-corrected chi connectivity index (χ0v) is 13.8. The summed E-state index contributed by atoms with van der Waals surface area (Å²) >= 11 is 1.56. The minimum atomic E-state index is -0.567. The molecule has 1 aromatic heterocycles. The van der Waals surface area contributed by atoms with E-state index in [0.29, 0.717) is 6.54 Å². The average Bonchev–Trinajstić information content (AvgIpc) is 3.13. The molecule has 0 N–H and O–H groups in total. The Kier molecular flexibility index (Phi) is 5.07. The van der Waals surface area contributed by atoms with Crippen LogP contribution in [-0.2, 0) is 14.3 Å². The fourth-order valence-corrected chi connectivity index (χ4v) is 3.34. The molecule has 0 spiro atoms. The van der Waals surface area contributed by atoms with Crippen LogP contribution in [0.5, 0.6) is 0 Å². The molecule has 0 aromatic carbocycles. The number of carbonyl (C=O) groups excluding carboxylic acids is 2. The molecule has 22 heavy (non-hydrogen) atoms. The van der Waals surface area contributed by atoms with E-state index in [1.165, 1.54) is 14.0 Å². The molecule has 0 bridgehead atoms. The number of carbonyl (C=O) groups is 2. The molecule has 0 aliphatic carbocycles. The third kappa shape index (κ3) is 3.41. The molecule has 1 atom stereocenters. The van der Waals surface area contributed by atoms with E-state index in [9.17, 15) is 9.59 Å².